The summed E-state index contributed by atoms with van der Waals surface area (Å²) in [6, 6.07) is 9.08. The highest BCUT2D eigenvalue weighted by Crippen LogP contribution is 2.11. The molecule has 0 aliphatic heterocycles. The number of nitrogens with one attached hydrogen (secondary N) is 2. The molecule has 2 rings (SSSR count). The molecule has 0 radical (unpaired) electrons. The molecule has 0 spiro atoms. The number of rotatable bonds is 9. The van der Waals surface area contributed by atoms with Crippen LogP contribution in [0.4, 0.5) is 5.82 Å². The molecule has 1 unspecified atom stereocenters. The summed E-state index contributed by atoms with van der Waals surface area (Å²) in [4.78, 5) is 23.2. The number of benzene rings is 1. The predicted octanol–water partition coefficient (Wildman–Crippen LogP) is 2.02. The lowest BCUT2D eigenvalue weighted by molar-refractivity contribution is -0.139. The van der Waals surface area contributed by atoms with E-state index >= 15 is 0 Å². The second-order valence-electron chi connectivity index (χ2n) is 5.97. The van der Waals surface area contributed by atoms with Crippen LogP contribution in [0.5, 0.6) is 0 Å². The third-order valence-corrected chi connectivity index (χ3v) is 3.78. The van der Waals surface area contributed by atoms with Crippen LogP contribution >= 0.6 is 0 Å². The molecule has 3 N–H and O–H groups in total. The summed E-state index contributed by atoms with van der Waals surface area (Å²) in [6.07, 6.45) is 2.83. The van der Waals surface area contributed by atoms with Crippen molar-refractivity contribution in [1.82, 2.24) is 15.1 Å². The highest BCUT2D eigenvalue weighted by molar-refractivity contribution is 5.91. The summed E-state index contributed by atoms with van der Waals surface area (Å²) in [5, 5.41) is 18.9. The fourth-order valence-corrected chi connectivity index (χ4v) is 2.55. The van der Waals surface area contributed by atoms with Crippen LogP contribution in [0.3, 0.4) is 0 Å². The fourth-order valence-electron chi connectivity index (χ4n) is 2.55. The second-order valence-corrected chi connectivity index (χ2v) is 5.97. The van der Waals surface area contributed by atoms with Crippen LogP contribution < -0.4 is 10.6 Å². The van der Waals surface area contributed by atoms with E-state index in [2.05, 4.69) is 21.8 Å². The zero-order valence-corrected chi connectivity index (χ0v) is 14.5. The monoisotopic (exact) mass is 344 g/mol. The quantitative estimate of drug-likeness (QED) is 0.647. The first kappa shape index (κ1) is 18.7. The van der Waals surface area contributed by atoms with Gasteiger partial charge in [0.05, 0.1) is 19.3 Å². The Morgan fingerprint density at radius 2 is 2.12 bits per heavy atom. The van der Waals surface area contributed by atoms with E-state index in [1.165, 1.54) is 0 Å². The van der Waals surface area contributed by atoms with E-state index in [0.717, 1.165) is 17.5 Å². The van der Waals surface area contributed by atoms with Crippen molar-refractivity contribution in [2.24, 2.45) is 0 Å². The Morgan fingerprint density at radius 1 is 1.32 bits per heavy atom. The average Bonchev–Trinajstić information content (AvgIpc) is 2.98. The number of carbonyl (C=O) groups is 2. The van der Waals surface area contributed by atoms with Gasteiger partial charge in [0, 0.05) is 6.07 Å². The standard InChI is InChI=1S/C18H24N4O3/c1-3-5-15(18(24)25)19-11-17(23)21-16-8-9-20-22(16)12-14-7-4-6-13(2)10-14/h4,6-10,15,19H,3,5,11-12H2,1-2H3,(H,21,23)(H,24,25). The van der Waals surface area contributed by atoms with Gasteiger partial charge in [0.15, 0.2) is 0 Å². The van der Waals surface area contributed by atoms with Crippen molar-refractivity contribution in [2.75, 3.05) is 11.9 Å². The van der Waals surface area contributed by atoms with Crippen molar-refractivity contribution in [2.45, 2.75) is 39.3 Å². The zero-order valence-electron chi connectivity index (χ0n) is 14.5. The number of aryl methyl sites for hydroxylation is 1. The molecule has 1 amide bonds. The van der Waals surface area contributed by atoms with Crippen LogP contribution in [0.15, 0.2) is 36.5 Å². The van der Waals surface area contributed by atoms with Gasteiger partial charge in [-0.2, -0.15) is 5.10 Å². The lowest BCUT2D eigenvalue weighted by atomic mass is 10.1. The van der Waals surface area contributed by atoms with Gasteiger partial charge in [0.25, 0.3) is 0 Å². The lowest BCUT2D eigenvalue weighted by Gasteiger charge is -2.14. The van der Waals surface area contributed by atoms with Crippen molar-refractivity contribution >= 4 is 17.7 Å². The van der Waals surface area contributed by atoms with E-state index < -0.39 is 12.0 Å². The maximum atomic E-state index is 12.1. The summed E-state index contributed by atoms with van der Waals surface area (Å²) < 4.78 is 1.70. The SMILES string of the molecule is CCCC(NCC(=O)Nc1ccnn1Cc1cccc(C)c1)C(=O)O. The maximum absolute atomic E-state index is 12.1. The van der Waals surface area contributed by atoms with E-state index in [1.54, 1.807) is 16.9 Å². The summed E-state index contributed by atoms with van der Waals surface area (Å²) in [5.41, 5.74) is 2.25. The number of nitrogens with zero attached hydrogens (tertiary/aromatic N) is 2. The number of carbonyl (C=O) groups excluding carboxylic acids is 1. The first-order chi connectivity index (χ1) is 12.0. The van der Waals surface area contributed by atoms with E-state index in [-0.39, 0.29) is 12.5 Å². The van der Waals surface area contributed by atoms with Gasteiger partial charge in [-0.1, -0.05) is 43.2 Å². The number of hydrogen-bond donors (Lipinski definition) is 3. The highest BCUT2D eigenvalue weighted by atomic mass is 16.4. The molecule has 25 heavy (non-hydrogen) atoms. The van der Waals surface area contributed by atoms with Gasteiger partial charge >= 0.3 is 5.97 Å². The van der Waals surface area contributed by atoms with Gasteiger partial charge in [0.1, 0.15) is 11.9 Å². The summed E-state index contributed by atoms with van der Waals surface area (Å²) in [5.74, 6) is -0.664. The summed E-state index contributed by atoms with van der Waals surface area (Å²) in [7, 11) is 0. The van der Waals surface area contributed by atoms with E-state index in [4.69, 9.17) is 5.11 Å². The Bertz CT molecular complexity index is 727. The van der Waals surface area contributed by atoms with Gasteiger partial charge in [-0.25, -0.2) is 4.68 Å². The van der Waals surface area contributed by atoms with Crippen LogP contribution in [-0.2, 0) is 16.1 Å². The largest absolute Gasteiger partial charge is 0.480 e. The molecule has 7 heteroatoms. The molecular formula is C18H24N4O3. The minimum Gasteiger partial charge on any atom is -0.480 e. The minimum atomic E-state index is -0.945. The topological polar surface area (TPSA) is 96.3 Å². The number of aliphatic carboxylic acids is 1. The second kappa shape index (κ2) is 8.98. The molecule has 2 aromatic rings. The highest BCUT2D eigenvalue weighted by Gasteiger charge is 2.17. The average molecular weight is 344 g/mol. The zero-order chi connectivity index (χ0) is 18.2. The number of amides is 1. The molecule has 1 aromatic heterocycles. The smallest absolute Gasteiger partial charge is 0.320 e. The van der Waals surface area contributed by atoms with E-state index in [0.29, 0.717) is 18.8 Å². The molecule has 134 valence electrons. The number of carboxylic acids is 1. The first-order valence-corrected chi connectivity index (χ1v) is 8.33. The maximum Gasteiger partial charge on any atom is 0.320 e. The molecule has 0 bridgehead atoms. The summed E-state index contributed by atoms with van der Waals surface area (Å²) >= 11 is 0. The molecular weight excluding hydrogens is 320 g/mol. The molecule has 0 fully saturated rings. The predicted molar refractivity (Wildman–Crippen MR) is 95.5 cm³/mol. The van der Waals surface area contributed by atoms with Crippen molar-refractivity contribution in [3.63, 3.8) is 0 Å². The normalized spacial score (nSPS) is 11.9. The molecule has 7 nitrogen and oxygen atoms in total. The van der Waals surface area contributed by atoms with Gasteiger partial charge in [-0.05, 0) is 18.9 Å². The number of carboxylic acid groups (broad SMARTS) is 1. The van der Waals surface area contributed by atoms with Crippen molar-refractivity contribution in [1.29, 1.82) is 0 Å². The minimum absolute atomic E-state index is 0.0629. The molecule has 1 heterocycles. The van der Waals surface area contributed by atoms with Crippen LogP contribution in [0, 0.1) is 6.92 Å². The Morgan fingerprint density at radius 3 is 2.80 bits per heavy atom. The van der Waals surface area contributed by atoms with Crippen LogP contribution in [0.25, 0.3) is 0 Å². The molecule has 0 aliphatic rings. The number of anilines is 1. The number of aromatic nitrogens is 2. The first-order valence-electron chi connectivity index (χ1n) is 8.33. The Balaban J connectivity index is 1.93. The molecule has 1 atom stereocenters. The Kier molecular flexibility index (Phi) is 6.71. The van der Waals surface area contributed by atoms with E-state index in [1.807, 2.05) is 32.0 Å². The van der Waals surface area contributed by atoms with Crippen LogP contribution in [0.1, 0.15) is 30.9 Å². The van der Waals surface area contributed by atoms with Crippen molar-refractivity contribution in [3.05, 3.63) is 47.7 Å². The van der Waals surface area contributed by atoms with Gasteiger partial charge < -0.3 is 10.4 Å². The Hall–Kier alpha value is -2.67. The Labute approximate surface area is 147 Å². The number of hydrogen-bond acceptors (Lipinski definition) is 4. The lowest BCUT2D eigenvalue weighted by Crippen LogP contribution is -2.41. The van der Waals surface area contributed by atoms with Gasteiger partial charge in [-0.15, -0.1) is 0 Å². The fraction of sp³-hybridized carbons (Fsp3) is 0.389. The van der Waals surface area contributed by atoms with Crippen LogP contribution in [0.2, 0.25) is 0 Å². The van der Waals surface area contributed by atoms with Gasteiger partial charge in [0.2, 0.25) is 5.91 Å². The van der Waals surface area contributed by atoms with E-state index in [9.17, 15) is 9.59 Å². The molecule has 0 saturated carbocycles. The van der Waals surface area contributed by atoms with Crippen molar-refractivity contribution in [3.8, 4) is 0 Å². The third kappa shape index (κ3) is 5.72. The van der Waals surface area contributed by atoms with Crippen LogP contribution in [-0.4, -0.2) is 39.4 Å². The molecule has 0 aliphatic carbocycles. The third-order valence-electron chi connectivity index (χ3n) is 3.78. The molecule has 1 aromatic carbocycles. The van der Waals surface area contributed by atoms with Crippen molar-refractivity contribution < 1.29 is 14.7 Å². The molecule has 0 saturated heterocycles. The van der Waals surface area contributed by atoms with Gasteiger partial charge in [-0.3, -0.25) is 14.9 Å². The summed E-state index contributed by atoms with van der Waals surface area (Å²) in [6.45, 7) is 4.41.